The van der Waals surface area contributed by atoms with E-state index in [4.69, 9.17) is 5.73 Å². The van der Waals surface area contributed by atoms with Gasteiger partial charge in [0.1, 0.15) is 0 Å². The van der Waals surface area contributed by atoms with Crippen molar-refractivity contribution in [2.45, 2.75) is 77.3 Å². The highest BCUT2D eigenvalue weighted by molar-refractivity contribution is 5.75. The topological polar surface area (TPSA) is 67.2 Å². The molecule has 0 saturated heterocycles. The molecule has 0 aromatic rings. The molecule has 1 aliphatic carbocycles. The molecule has 112 valence electrons. The molecule has 1 atom stereocenters. The third-order valence-electron chi connectivity index (χ3n) is 4.41. The van der Waals surface area contributed by atoms with Crippen LogP contribution < -0.4 is 16.4 Å². The smallest absolute Gasteiger partial charge is 0.315 e. The first kappa shape index (κ1) is 16.3. The number of nitrogens with one attached hydrogen (secondary N) is 2. The Kier molecular flexibility index (Phi) is 6.63. The molecule has 19 heavy (non-hydrogen) atoms. The van der Waals surface area contributed by atoms with Gasteiger partial charge in [0.25, 0.3) is 0 Å². The molecule has 4 nitrogen and oxygen atoms in total. The Balaban J connectivity index is 2.53. The molecule has 0 spiro atoms. The van der Waals surface area contributed by atoms with Gasteiger partial charge in [-0.1, -0.05) is 33.1 Å². The van der Waals surface area contributed by atoms with Crippen LogP contribution in [-0.2, 0) is 0 Å². The molecule has 0 radical (unpaired) electrons. The first-order valence-electron chi connectivity index (χ1n) is 7.78. The SMILES string of the molecule is CC(C)C(C)NC(=O)NC1(CCCN)CCCCC1. The first-order valence-corrected chi connectivity index (χ1v) is 7.78. The number of carbonyl (C=O) groups excluding carboxylic acids is 1. The lowest BCUT2D eigenvalue weighted by molar-refractivity contribution is 0.189. The highest BCUT2D eigenvalue weighted by Gasteiger charge is 2.33. The fraction of sp³-hybridized carbons (Fsp3) is 0.933. The van der Waals surface area contributed by atoms with Gasteiger partial charge in [0.05, 0.1) is 0 Å². The lowest BCUT2D eigenvalue weighted by Gasteiger charge is -2.38. The summed E-state index contributed by atoms with van der Waals surface area (Å²) < 4.78 is 0. The lowest BCUT2D eigenvalue weighted by Crippen LogP contribution is -2.55. The van der Waals surface area contributed by atoms with Gasteiger partial charge >= 0.3 is 6.03 Å². The molecular weight excluding hydrogens is 238 g/mol. The minimum atomic E-state index is -0.0155. The van der Waals surface area contributed by atoms with Gasteiger partial charge in [-0.05, 0) is 45.1 Å². The molecule has 4 heteroatoms. The van der Waals surface area contributed by atoms with Gasteiger partial charge in [-0.25, -0.2) is 4.79 Å². The van der Waals surface area contributed by atoms with Crippen LogP contribution >= 0.6 is 0 Å². The summed E-state index contributed by atoms with van der Waals surface area (Å²) in [5.41, 5.74) is 5.61. The molecule has 0 aliphatic heterocycles. The Bertz CT molecular complexity index is 273. The Morgan fingerprint density at radius 2 is 1.84 bits per heavy atom. The maximum absolute atomic E-state index is 12.1. The van der Waals surface area contributed by atoms with Crippen LogP contribution in [0.1, 0.15) is 65.7 Å². The molecule has 1 fully saturated rings. The van der Waals surface area contributed by atoms with Gasteiger partial charge in [0.15, 0.2) is 0 Å². The zero-order valence-corrected chi connectivity index (χ0v) is 12.8. The second-order valence-electron chi connectivity index (χ2n) is 6.36. The van der Waals surface area contributed by atoms with Crippen molar-refractivity contribution in [3.05, 3.63) is 0 Å². The van der Waals surface area contributed by atoms with Crippen molar-refractivity contribution < 1.29 is 4.79 Å². The normalized spacial score (nSPS) is 20.1. The zero-order valence-electron chi connectivity index (χ0n) is 12.8. The molecule has 0 aromatic carbocycles. The lowest BCUT2D eigenvalue weighted by atomic mass is 9.78. The minimum absolute atomic E-state index is 0.0138. The monoisotopic (exact) mass is 269 g/mol. The number of urea groups is 1. The number of amides is 2. The Hall–Kier alpha value is -0.770. The average Bonchev–Trinajstić information content (AvgIpc) is 2.37. The summed E-state index contributed by atoms with van der Waals surface area (Å²) in [5.74, 6) is 0.456. The largest absolute Gasteiger partial charge is 0.335 e. The van der Waals surface area contributed by atoms with Gasteiger partial charge < -0.3 is 16.4 Å². The van der Waals surface area contributed by atoms with Crippen LogP contribution in [0.5, 0.6) is 0 Å². The molecule has 4 N–H and O–H groups in total. The maximum Gasteiger partial charge on any atom is 0.315 e. The van der Waals surface area contributed by atoms with Crippen molar-refractivity contribution in [1.82, 2.24) is 10.6 Å². The van der Waals surface area contributed by atoms with Gasteiger partial charge in [0, 0.05) is 11.6 Å². The number of hydrogen-bond acceptors (Lipinski definition) is 2. The Morgan fingerprint density at radius 3 is 2.37 bits per heavy atom. The minimum Gasteiger partial charge on any atom is -0.335 e. The van der Waals surface area contributed by atoms with E-state index >= 15 is 0 Å². The van der Waals surface area contributed by atoms with Crippen molar-refractivity contribution in [3.8, 4) is 0 Å². The molecule has 0 heterocycles. The van der Waals surface area contributed by atoms with E-state index in [1.54, 1.807) is 0 Å². The molecule has 0 bridgehead atoms. The van der Waals surface area contributed by atoms with Crippen LogP contribution in [0.2, 0.25) is 0 Å². The van der Waals surface area contributed by atoms with Crippen molar-refractivity contribution in [1.29, 1.82) is 0 Å². The summed E-state index contributed by atoms with van der Waals surface area (Å²) in [6.07, 6.45) is 7.89. The summed E-state index contributed by atoms with van der Waals surface area (Å²) in [5, 5.41) is 6.29. The summed E-state index contributed by atoms with van der Waals surface area (Å²) in [7, 11) is 0. The molecule has 1 saturated carbocycles. The van der Waals surface area contributed by atoms with Crippen LogP contribution in [0.15, 0.2) is 0 Å². The third kappa shape index (κ3) is 5.39. The second-order valence-corrected chi connectivity index (χ2v) is 6.36. The molecule has 1 aliphatic rings. The molecule has 1 rings (SSSR count). The van der Waals surface area contributed by atoms with E-state index < -0.39 is 0 Å². The van der Waals surface area contributed by atoms with Crippen LogP contribution in [0.4, 0.5) is 4.79 Å². The van der Waals surface area contributed by atoms with Crippen LogP contribution in [-0.4, -0.2) is 24.2 Å². The van der Waals surface area contributed by atoms with E-state index in [-0.39, 0.29) is 17.6 Å². The van der Waals surface area contributed by atoms with Crippen LogP contribution in [0.25, 0.3) is 0 Å². The fourth-order valence-corrected chi connectivity index (χ4v) is 2.76. The molecular formula is C15H31N3O. The van der Waals surface area contributed by atoms with Crippen LogP contribution in [0.3, 0.4) is 0 Å². The van der Waals surface area contributed by atoms with E-state index in [1.807, 2.05) is 0 Å². The standard InChI is InChI=1S/C15H31N3O/c1-12(2)13(3)17-14(19)18-15(10-7-11-16)8-5-4-6-9-15/h12-13H,4-11,16H2,1-3H3,(H2,17,18,19). The van der Waals surface area contributed by atoms with E-state index in [2.05, 4.69) is 31.4 Å². The van der Waals surface area contributed by atoms with Gasteiger partial charge in [0.2, 0.25) is 0 Å². The summed E-state index contributed by atoms with van der Waals surface area (Å²) >= 11 is 0. The number of carbonyl (C=O) groups is 1. The van der Waals surface area contributed by atoms with Crippen LogP contribution in [0, 0.1) is 5.92 Å². The van der Waals surface area contributed by atoms with Crippen molar-refractivity contribution in [3.63, 3.8) is 0 Å². The first-order chi connectivity index (χ1) is 8.99. The van der Waals surface area contributed by atoms with Crippen molar-refractivity contribution in [2.75, 3.05) is 6.54 Å². The number of hydrogen-bond donors (Lipinski definition) is 3. The number of rotatable bonds is 6. The molecule has 1 unspecified atom stereocenters. The van der Waals surface area contributed by atoms with Gasteiger partial charge in [-0.3, -0.25) is 0 Å². The van der Waals surface area contributed by atoms with Gasteiger partial charge in [-0.15, -0.1) is 0 Å². The van der Waals surface area contributed by atoms with E-state index in [0.717, 1.165) is 25.7 Å². The Labute approximate surface area is 117 Å². The van der Waals surface area contributed by atoms with Crippen molar-refractivity contribution >= 4 is 6.03 Å². The molecule has 0 aromatic heterocycles. The highest BCUT2D eigenvalue weighted by atomic mass is 16.2. The van der Waals surface area contributed by atoms with E-state index in [9.17, 15) is 4.79 Å². The van der Waals surface area contributed by atoms with E-state index in [1.165, 1.54) is 19.3 Å². The summed E-state index contributed by atoms with van der Waals surface area (Å²) in [4.78, 5) is 12.1. The second kappa shape index (κ2) is 7.73. The number of nitrogens with two attached hydrogens (primary N) is 1. The average molecular weight is 269 g/mol. The highest BCUT2D eigenvalue weighted by Crippen LogP contribution is 2.31. The fourth-order valence-electron chi connectivity index (χ4n) is 2.76. The molecule has 2 amide bonds. The zero-order chi connectivity index (χ0) is 14.3. The summed E-state index contributed by atoms with van der Waals surface area (Å²) in [6.45, 7) is 7.00. The quantitative estimate of drug-likeness (QED) is 0.694. The summed E-state index contributed by atoms with van der Waals surface area (Å²) in [6, 6.07) is 0.190. The van der Waals surface area contributed by atoms with Crippen molar-refractivity contribution in [2.24, 2.45) is 11.7 Å². The predicted molar refractivity (Wildman–Crippen MR) is 80.1 cm³/mol. The maximum atomic E-state index is 12.1. The third-order valence-corrected chi connectivity index (χ3v) is 4.41. The van der Waals surface area contributed by atoms with E-state index in [0.29, 0.717) is 12.5 Å². The predicted octanol–water partition coefficient (Wildman–Crippen LogP) is 2.77. The Morgan fingerprint density at radius 1 is 1.21 bits per heavy atom. The van der Waals surface area contributed by atoms with Gasteiger partial charge in [-0.2, -0.15) is 0 Å².